The second-order valence-corrected chi connectivity index (χ2v) is 6.81. The molecule has 1 heterocycles. The van der Waals surface area contributed by atoms with Crippen molar-refractivity contribution in [2.75, 3.05) is 23.3 Å². The van der Waals surface area contributed by atoms with Gasteiger partial charge in [0.1, 0.15) is 0 Å². The van der Waals surface area contributed by atoms with Crippen molar-refractivity contribution in [1.29, 1.82) is 0 Å². The van der Waals surface area contributed by atoms with Crippen molar-refractivity contribution in [3.8, 4) is 0 Å². The van der Waals surface area contributed by atoms with Gasteiger partial charge in [0.05, 0.1) is 4.48 Å². The summed E-state index contributed by atoms with van der Waals surface area (Å²) < 4.78 is 0.508. The molecule has 0 aliphatic carbocycles. The Balaban J connectivity index is 1.63. The molecule has 1 fully saturated rings. The van der Waals surface area contributed by atoms with Crippen LogP contribution >= 0.6 is 15.9 Å². The molecular formula is C20H21BrN2O. The fourth-order valence-corrected chi connectivity index (χ4v) is 3.22. The smallest absolute Gasteiger partial charge is 0.262 e. The first-order chi connectivity index (χ1) is 11.7. The third-order valence-corrected chi connectivity index (χ3v) is 4.75. The van der Waals surface area contributed by atoms with Crippen molar-refractivity contribution in [2.45, 2.75) is 19.3 Å². The highest BCUT2D eigenvalue weighted by Gasteiger charge is 2.11. The minimum atomic E-state index is -0.149. The lowest BCUT2D eigenvalue weighted by molar-refractivity contribution is -0.112. The van der Waals surface area contributed by atoms with E-state index in [1.54, 1.807) is 0 Å². The monoisotopic (exact) mass is 384 g/mol. The van der Waals surface area contributed by atoms with E-state index in [-0.39, 0.29) is 5.91 Å². The number of anilines is 2. The Kier molecular flexibility index (Phi) is 5.70. The molecule has 1 saturated heterocycles. The summed E-state index contributed by atoms with van der Waals surface area (Å²) >= 11 is 3.36. The highest BCUT2D eigenvalue weighted by molar-refractivity contribution is 9.12. The van der Waals surface area contributed by atoms with Gasteiger partial charge in [0.2, 0.25) is 0 Å². The van der Waals surface area contributed by atoms with Gasteiger partial charge in [-0.1, -0.05) is 30.3 Å². The van der Waals surface area contributed by atoms with Crippen LogP contribution in [0.25, 0.3) is 6.08 Å². The van der Waals surface area contributed by atoms with Crippen LogP contribution in [0.1, 0.15) is 24.8 Å². The summed E-state index contributed by atoms with van der Waals surface area (Å²) in [5.41, 5.74) is 3.02. The average Bonchev–Trinajstić information content (AvgIpc) is 2.64. The maximum Gasteiger partial charge on any atom is 0.262 e. The molecule has 1 N–H and O–H groups in total. The van der Waals surface area contributed by atoms with Crippen LogP contribution in [0.15, 0.2) is 59.1 Å². The van der Waals surface area contributed by atoms with E-state index < -0.39 is 0 Å². The third-order valence-electron chi connectivity index (χ3n) is 4.16. The molecule has 1 amide bonds. The van der Waals surface area contributed by atoms with E-state index in [0.717, 1.165) is 24.3 Å². The van der Waals surface area contributed by atoms with Crippen molar-refractivity contribution in [1.82, 2.24) is 0 Å². The van der Waals surface area contributed by atoms with Gasteiger partial charge in [0.15, 0.2) is 0 Å². The van der Waals surface area contributed by atoms with Crippen molar-refractivity contribution in [3.63, 3.8) is 0 Å². The molecular weight excluding hydrogens is 364 g/mol. The van der Waals surface area contributed by atoms with Crippen LogP contribution < -0.4 is 10.2 Å². The Morgan fingerprint density at radius 3 is 2.29 bits per heavy atom. The number of nitrogens with zero attached hydrogens (tertiary/aromatic N) is 1. The predicted octanol–water partition coefficient (Wildman–Crippen LogP) is 5.05. The van der Waals surface area contributed by atoms with Gasteiger partial charge in [-0.25, -0.2) is 0 Å². The van der Waals surface area contributed by atoms with Crippen molar-refractivity contribution in [3.05, 3.63) is 64.6 Å². The molecule has 2 aromatic carbocycles. The molecule has 0 unspecified atom stereocenters. The first-order valence-electron chi connectivity index (χ1n) is 8.31. The van der Waals surface area contributed by atoms with Gasteiger partial charge in [-0.05, 0) is 71.1 Å². The molecule has 2 aromatic rings. The second-order valence-electron chi connectivity index (χ2n) is 5.95. The molecule has 3 nitrogen and oxygen atoms in total. The molecule has 0 bridgehead atoms. The van der Waals surface area contributed by atoms with Gasteiger partial charge in [-0.2, -0.15) is 0 Å². The zero-order valence-electron chi connectivity index (χ0n) is 13.5. The fraction of sp³-hybridized carbons (Fsp3) is 0.250. The Labute approximate surface area is 151 Å². The lowest BCUT2D eigenvalue weighted by Gasteiger charge is -2.28. The van der Waals surface area contributed by atoms with Crippen LogP contribution in [0.3, 0.4) is 0 Å². The Morgan fingerprint density at radius 2 is 1.62 bits per heavy atom. The highest BCUT2D eigenvalue weighted by atomic mass is 79.9. The lowest BCUT2D eigenvalue weighted by atomic mass is 10.1. The van der Waals surface area contributed by atoms with Crippen LogP contribution in [0.5, 0.6) is 0 Å². The first-order valence-corrected chi connectivity index (χ1v) is 9.10. The molecule has 0 radical (unpaired) electrons. The summed E-state index contributed by atoms with van der Waals surface area (Å²) in [6.07, 6.45) is 5.66. The topological polar surface area (TPSA) is 32.3 Å². The van der Waals surface area contributed by atoms with Gasteiger partial charge >= 0.3 is 0 Å². The van der Waals surface area contributed by atoms with Crippen LogP contribution in [-0.2, 0) is 4.79 Å². The van der Waals surface area contributed by atoms with Crippen molar-refractivity contribution >= 4 is 39.3 Å². The predicted molar refractivity (Wildman–Crippen MR) is 104 cm³/mol. The normalized spacial score (nSPS) is 15.2. The van der Waals surface area contributed by atoms with Crippen LogP contribution in [-0.4, -0.2) is 19.0 Å². The molecule has 0 aromatic heterocycles. The molecule has 1 aliphatic rings. The summed E-state index contributed by atoms with van der Waals surface area (Å²) in [5, 5.41) is 2.92. The van der Waals surface area contributed by atoms with Gasteiger partial charge in [0.25, 0.3) is 5.91 Å². The quantitative estimate of drug-likeness (QED) is 0.747. The molecule has 3 rings (SSSR count). The second kappa shape index (κ2) is 8.15. The highest BCUT2D eigenvalue weighted by Crippen LogP contribution is 2.22. The summed E-state index contributed by atoms with van der Waals surface area (Å²) in [7, 11) is 0. The third kappa shape index (κ3) is 4.48. The number of hydrogen-bond acceptors (Lipinski definition) is 2. The zero-order valence-corrected chi connectivity index (χ0v) is 15.1. The lowest BCUT2D eigenvalue weighted by Crippen LogP contribution is -2.29. The van der Waals surface area contributed by atoms with E-state index in [1.165, 1.54) is 24.9 Å². The van der Waals surface area contributed by atoms with Crippen molar-refractivity contribution < 1.29 is 4.79 Å². The maximum absolute atomic E-state index is 12.3. The summed E-state index contributed by atoms with van der Waals surface area (Å²) in [5.74, 6) is -0.149. The van der Waals surface area contributed by atoms with E-state index >= 15 is 0 Å². The minimum Gasteiger partial charge on any atom is -0.372 e. The SMILES string of the molecule is O=C(Nc1ccc(N2CCCCC2)cc1)/C(Br)=C/c1ccccc1. The molecule has 1 aliphatic heterocycles. The molecule has 124 valence electrons. The molecule has 4 heteroatoms. The number of piperidine rings is 1. The van der Waals surface area contributed by atoms with Gasteiger partial charge < -0.3 is 10.2 Å². The van der Waals surface area contributed by atoms with Crippen LogP contribution in [0.4, 0.5) is 11.4 Å². The fourth-order valence-electron chi connectivity index (χ4n) is 2.86. The number of hydrogen-bond donors (Lipinski definition) is 1. The van der Waals surface area contributed by atoms with Crippen LogP contribution in [0, 0.1) is 0 Å². The van der Waals surface area contributed by atoms with Gasteiger partial charge in [0, 0.05) is 24.5 Å². The number of halogens is 1. The Morgan fingerprint density at radius 1 is 0.958 bits per heavy atom. The number of benzene rings is 2. The van der Waals surface area contributed by atoms with E-state index in [1.807, 2.05) is 48.5 Å². The summed E-state index contributed by atoms with van der Waals surface area (Å²) in [6, 6.07) is 17.9. The zero-order chi connectivity index (χ0) is 16.8. The minimum absolute atomic E-state index is 0.149. The first kappa shape index (κ1) is 16.8. The Bertz CT molecular complexity index is 704. The number of carbonyl (C=O) groups is 1. The van der Waals surface area contributed by atoms with Crippen LogP contribution in [0.2, 0.25) is 0 Å². The van der Waals surface area contributed by atoms with E-state index in [4.69, 9.17) is 0 Å². The molecule has 24 heavy (non-hydrogen) atoms. The number of carbonyl (C=O) groups excluding carboxylic acids is 1. The van der Waals surface area contributed by atoms with Gasteiger partial charge in [-0.15, -0.1) is 0 Å². The molecule has 0 spiro atoms. The number of amides is 1. The van der Waals surface area contributed by atoms with Gasteiger partial charge in [-0.3, -0.25) is 4.79 Å². The van der Waals surface area contributed by atoms with E-state index in [0.29, 0.717) is 4.48 Å². The van der Waals surface area contributed by atoms with Crippen molar-refractivity contribution in [2.24, 2.45) is 0 Å². The largest absolute Gasteiger partial charge is 0.372 e. The molecule has 0 saturated carbocycles. The average molecular weight is 385 g/mol. The number of nitrogens with one attached hydrogen (secondary N) is 1. The Hall–Kier alpha value is -2.07. The standard InChI is InChI=1S/C20H21BrN2O/c21-19(15-16-7-3-1-4-8-16)20(24)22-17-9-11-18(12-10-17)23-13-5-2-6-14-23/h1,3-4,7-12,15H,2,5-6,13-14H2,(H,22,24)/b19-15-. The summed E-state index contributed by atoms with van der Waals surface area (Å²) in [6.45, 7) is 2.24. The maximum atomic E-state index is 12.3. The summed E-state index contributed by atoms with van der Waals surface area (Å²) in [4.78, 5) is 14.7. The van der Waals surface area contributed by atoms with E-state index in [9.17, 15) is 4.79 Å². The number of rotatable bonds is 4. The van der Waals surface area contributed by atoms with E-state index in [2.05, 4.69) is 38.3 Å². The molecule has 0 atom stereocenters.